The number of amides is 4. The highest BCUT2D eigenvalue weighted by Gasteiger charge is 2.53. The Morgan fingerprint density at radius 3 is 2.85 bits per heavy atom. The molecule has 2 N–H and O–H groups in total. The third kappa shape index (κ3) is 3.09. The summed E-state index contributed by atoms with van der Waals surface area (Å²) in [6, 6.07) is 10.7. The Bertz CT molecular complexity index is 877. The molecule has 1 atom stereocenters. The number of imide groups is 1. The molecule has 0 radical (unpaired) electrons. The van der Waals surface area contributed by atoms with Crippen molar-refractivity contribution in [2.75, 3.05) is 6.54 Å². The molecular formula is C20H21N3O4. The van der Waals surface area contributed by atoms with Crippen LogP contribution >= 0.6 is 0 Å². The highest BCUT2D eigenvalue weighted by molar-refractivity contribution is 6.09. The van der Waals surface area contributed by atoms with Gasteiger partial charge in [0.15, 0.2) is 0 Å². The molecule has 1 saturated heterocycles. The molecular weight excluding hydrogens is 346 g/mol. The second-order valence-electron chi connectivity index (χ2n) is 6.95. The quantitative estimate of drug-likeness (QED) is 0.810. The van der Waals surface area contributed by atoms with Crippen molar-refractivity contribution in [2.24, 2.45) is 0 Å². The minimum atomic E-state index is -1.06. The van der Waals surface area contributed by atoms with Crippen molar-refractivity contribution in [3.8, 4) is 0 Å². The summed E-state index contributed by atoms with van der Waals surface area (Å²) in [6.45, 7) is -0.0985. The molecule has 1 aliphatic heterocycles. The number of hydrogen-bond acceptors (Lipinski definition) is 4. The molecule has 2 aromatic rings. The van der Waals surface area contributed by atoms with Crippen molar-refractivity contribution in [2.45, 2.75) is 37.8 Å². The number of furan rings is 1. The average molecular weight is 367 g/mol. The first-order chi connectivity index (χ1) is 13.1. The van der Waals surface area contributed by atoms with Crippen LogP contribution in [0.15, 0.2) is 47.1 Å². The van der Waals surface area contributed by atoms with Gasteiger partial charge in [0.25, 0.3) is 5.91 Å². The summed E-state index contributed by atoms with van der Waals surface area (Å²) < 4.78 is 5.16. The molecule has 1 aromatic carbocycles. The van der Waals surface area contributed by atoms with Gasteiger partial charge in [-0.3, -0.25) is 14.5 Å². The number of fused-ring (bicyclic) bond motifs is 2. The van der Waals surface area contributed by atoms with E-state index in [1.165, 1.54) is 6.26 Å². The maximum absolute atomic E-state index is 13.2. The fourth-order valence-electron chi connectivity index (χ4n) is 3.91. The molecule has 2 aliphatic rings. The third-order valence-corrected chi connectivity index (χ3v) is 5.24. The van der Waals surface area contributed by atoms with E-state index in [1.54, 1.807) is 12.1 Å². The molecule has 27 heavy (non-hydrogen) atoms. The van der Waals surface area contributed by atoms with E-state index in [0.29, 0.717) is 12.2 Å². The van der Waals surface area contributed by atoms with Gasteiger partial charge >= 0.3 is 6.03 Å². The van der Waals surface area contributed by atoms with Crippen LogP contribution in [0.3, 0.4) is 0 Å². The first-order valence-corrected chi connectivity index (χ1v) is 9.12. The minimum Gasteiger partial charge on any atom is -0.467 e. The maximum atomic E-state index is 13.2. The largest absolute Gasteiger partial charge is 0.467 e. The number of carbonyl (C=O) groups is 3. The number of aryl methyl sites for hydroxylation is 1. The van der Waals surface area contributed by atoms with Gasteiger partial charge in [-0.15, -0.1) is 0 Å². The van der Waals surface area contributed by atoms with Crippen LogP contribution in [0.1, 0.15) is 36.1 Å². The summed E-state index contributed by atoms with van der Waals surface area (Å²) in [5.74, 6) is -0.154. The van der Waals surface area contributed by atoms with Crippen molar-refractivity contribution >= 4 is 17.8 Å². The lowest BCUT2D eigenvalue weighted by atomic mass is 9.84. The van der Waals surface area contributed by atoms with Crippen molar-refractivity contribution in [1.29, 1.82) is 0 Å². The van der Waals surface area contributed by atoms with Crippen LogP contribution in [-0.2, 0) is 28.1 Å². The fourth-order valence-corrected chi connectivity index (χ4v) is 3.91. The summed E-state index contributed by atoms with van der Waals surface area (Å²) in [5.41, 5.74) is 0.859. The van der Waals surface area contributed by atoms with Crippen LogP contribution in [0.5, 0.6) is 0 Å². The van der Waals surface area contributed by atoms with E-state index < -0.39 is 17.5 Å². The Labute approximate surface area is 156 Å². The number of rotatable bonds is 4. The second kappa shape index (κ2) is 6.90. The van der Waals surface area contributed by atoms with E-state index in [9.17, 15) is 14.4 Å². The van der Waals surface area contributed by atoms with Gasteiger partial charge in [-0.1, -0.05) is 24.3 Å². The normalized spacial score (nSPS) is 21.7. The van der Waals surface area contributed by atoms with Gasteiger partial charge in [0.05, 0.1) is 12.8 Å². The monoisotopic (exact) mass is 367 g/mol. The molecule has 1 aromatic heterocycles. The minimum absolute atomic E-state index is 0.212. The van der Waals surface area contributed by atoms with E-state index in [0.717, 1.165) is 35.3 Å². The van der Waals surface area contributed by atoms with Gasteiger partial charge in [-0.25, -0.2) is 4.79 Å². The fraction of sp³-hybridized carbons (Fsp3) is 0.350. The predicted molar refractivity (Wildman–Crippen MR) is 96.5 cm³/mol. The third-order valence-electron chi connectivity index (χ3n) is 5.24. The highest BCUT2D eigenvalue weighted by atomic mass is 16.3. The average Bonchev–Trinajstić information content (AvgIpc) is 3.21. The highest BCUT2D eigenvalue weighted by Crippen LogP contribution is 2.38. The lowest BCUT2D eigenvalue weighted by Crippen LogP contribution is -2.45. The molecule has 1 spiro atoms. The predicted octanol–water partition coefficient (Wildman–Crippen LogP) is 2.07. The zero-order valence-electron chi connectivity index (χ0n) is 14.9. The lowest BCUT2D eigenvalue weighted by Gasteiger charge is -2.27. The molecule has 7 heteroatoms. The summed E-state index contributed by atoms with van der Waals surface area (Å²) >= 11 is 0. The van der Waals surface area contributed by atoms with Crippen molar-refractivity contribution in [3.63, 3.8) is 0 Å². The summed E-state index contributed by atoms with van der Waals surface area (Å²) in [6.07, 6.45) is 4.74. The van der Waals surface area contributed by atoms with Gasteiger partial charge in [0.1, 0.15) is 17.8 Å². The summed E-state index contributed by atoms with van der Waals surface area (Å²) in [5, 5.41) is 5.55. The Hall–Kier alpha value is -3.09. The number of nitrogens with one attached hydrogen (secondary N) is 2. The second-order valence-corrected chi connectivity index (χ2v) is 6.95. The Balaban J connectivity index is 1.53. The number of benzene rings is 1. The molecule has 0 bridgehead atoms. The topological polar surface area (TPSA) is 91.7 Å². The first kappa shape index (κ1) is 17.3. The van der Waals surface area contributed by atoms with Gasteiger partial charge in [0, 0.05) is 0 Å². The van der Waals surface area contributed by atoms with Crippen molar-refractivity contribution in [3.05, 3.63) is 59.5 Å². The van der Waals surface area contributed by atoms with Crippen LogP contribution in [0.4, 0.5) is 4.79 Å². The molecule has 140 valence electrons. The van der Waals surface area contributed by atoms with Crippen molar-refractivity contribution in [1.82, 2.24) is 15.5 Å². The van der Waals surface area contributed by atoms with E-state index in [1.807, 2.05) is 24.3 Å². The van der Waals surface area contributed by atoms with Gasteiger partial charge in [-0.05, 0) is 48.9 Å². The molecule has 2 heterocycles. The van der Waals surface area contributed by atoms with Crippen LogP contribution in [0.25, 0.3) is 0 Å². The SMILES string of the molecule is O=C(CN1C(=O)N[C@@]2(CCCCc3ccccc32)C1=O)NCc1ccco1. The number of nitrogens with zero attached hydrogens (tertiary/aromatic N) is 1. The molecule has 0 saturated carbocycles. The number of carbonyl (C=O) groups excluding carboxylic acids is 3. The van der Waals surface area contributed by atoms with Gasteiger partial charge in [0.2, 0.25) is 5.91 Å². The lowest BCUT2D eigenvalue weighted by molar-refractivity contribution is -0.135. The Morgan fingerprint density at radius 2 is 2.04 bits per heavy atom. The molecule has 4 amide bonds. The molecule has 7 nitrogen and oxygen atoms in total. The van der Waals surface area contributed by atoms with Crippen molar-refractivity contribution < 1.29 is 18.8 Å². The van der Waals surface area contributed by atoms with E-state index in [4.69, 9.17) is 4.42 Å². The van der Waals surface area contributed by atoms with Gasteiger partial charge in [-0.2, -0.15) is 0 Å². The zero-order chi connectivity index (χ0) is 18.9. The number of urea groups is 1. The molecule has 1 fully saturated rings. The smallest absolute Gasteiger partial charge is 0.325 e. The summed E-state index contributed by atoms with van der Waals surface area (Å²) in [7, 11) is 0. The molecule has 0 unspecified atom stereocenters. The van der Waals surface area contributed by atoms with Gasteiger partial charge < -0.3 is 15.1 Å². The number of hydrogen-bond donors (Lipinski definition) is 2. The van der Waals surface area contributed by atoms with Crippen LogP contribution in [-0.4, -0.2) is 29.3 Å². The Kier molecular flexibility index (Phi) is 4.43. The molecule has 4 rings (SSSR count). The van der Waals surface area contributed by atoms with E-state index in [2.05, 4.69) is 10.6 Å². The molecule has 1 aliphatic carbocycles. The standard InChI is InChI=1S/C20H21N3O4/c24-17(21-12-15-8-5-11-27-15)13-23-18(25)20(22-19(23)26)10-4-3-7-14-6-1-2-9-16(14)20/h1-2,5-6,8-9,11H,3-4,7,10,12-13H2,(H,21,24)(H,22,26)/t20-/m1/s1. The maximum Gasteiger partial charge on any atom is 0.325 e. The Morgan fingerprint density at radius 1 is 1.19 bits per heavy atom. The van der Waals surface area contributed by atoms with Crippen LogP contribution in [0, 0.1) is 0 Å². The van der Waals surface area contributed by atoms with Crippen LogP contribution in [0.2, 0.25) is 0 Å². The van der Waals surface area contributed by atoms with Crippen LogP contribution < -0.4 is 10.6 Å². The first-order valence-electron chi connectivity index (χ1n) is 9.12. The van der Waals surface area contributed by atoms with E-state index in [-0.39, 0.29) is 19.0 Å². The van der Waals surface area contributed by atoms with E-state index >= 15 is 0 Å². The zero-order valence-corrected chi connectivity index (χ0v) is 14.9. The summed E-state index contributed by atoms with van der Waals surface area (Å²) in [4.78, 5) is 39.0.